The van der Waals surface area contributed by atoms with Crippen molar-refractivity contribution in [2.75, 3.05) is 7.05 Å². The van der Waals surface area contributed by atoms with E-state index in [9.17, 15) is 30.4 Å². The number of sulfone groups is 1. The van der Waals surface area contributed by atoms with Crippen LogP contribution in [0.25, 0.3) is 0 Å². The zero-order valence-corrected chi connectivity index (χ0v) is 13.1. The van der Waals surface area contributed by atoms with Crippen molar-refractivity contribution in [3.63, 3.8) is 0 Å². The molecule has 0 aliphatic heterocycles. The molecule has 2 rings (SSSR count). The first kappa shape index (κ1) is 18.1. The highest BCUT2D eigenvalue weighted by atomic mass is 32.2. The monoisotopic (exact) mass is 357 g/mol. The summed E-state index contributed by atoms with van der Waals surface area (Å²) in [5.41, 5.74) is -1.46. The molecule has 0 atom stereocenters. The molecular formula is C14H16F5NO2S. The van der Waals surface area contributed by atoms with Crippen molar-refractivity contribution >= 4 is 9.84 Å². The fourth-order valence-corrected chi connectivity index (χ4v) is 4.44. The molecule has 3 nitrogen and oxygen atoms in total. The van der Waals surface area contributed by atoms with Gasteiger partial charge in [0.1, 0.15) is 5.82 Å². The Morgan fingerprint density at radius 3 is 2.22 bits per heavy atom. The van der Waals surface area contributed by atoms with Gasteiger partial charge in [-0.2, -0.15) is 13.2 Å². The summed E-state index contributed by atoms with van der Waals surface area (Å²) in [7, 11) is -3.07. The molecule has 1 aliphatic rings. The predicted octanol–water partition coefficient (Wildman–Crippen LogP) is 3.45. The van der Waals surface area contributed by atoms with Gasteiger partial charge in [0.15, 0.2) is 0 Å². The smallest absolute Gasteiger partial charge is 0.317 e. The third kappa shape index (κ3) is 3.50. The maximum atomic E-state index is 14.9. The molecule has 0 bridgehead atoms. The second-order valence-electron chi connectivity index (χ2n) is 5.62. The Morgan fingerprint density at radius 1 is 1.17 bits per heavy atom. The lowest BCUT2D eigenvalue weighted by atomic mass is 9.93. The molecule has 0 spiro atoms. The van der Waals surface area contributed by atoms with Crippen LogP contribution < -0.4 is 5.32 Å². The fourth-order valence-electron chi connectivity index (χ4n) is 2.70. The summed E-state index contributed by atoms with van der Waals surface area (Å²) in [6.07, 6.45) is -5.15. The lowest BCUT2D eigenvalue weighted by molar-refractivity contribution is -0.137. The van der Waals surface area contributed by atoms with Gasteiger partial charge in [-0.05, 0) is 50.9 Å². The van der Waals surface area contributed by atoms with E-state index in [2.05, 4.69) is 5.32 Å². The molecule has 0 aromatic heterocycles. The van der Waals surface area contributed by atoms with Crippen LogP contribution in [-0.2, 0) is 16.0 Å². The Balaban J connectivity index is 2.42. The van der Waals surface area contributed by atoms with Crippen LogP contribution in [0.15, 0.2) is 23.1 Å². The Hall–Kier alpha value is -1.22. The molecule has 1 aromatic carbocycles. The maximum absolute atomic E-state index is 14.9. The van der Waals surface area contributed by atoms with Crippen molar-refractivity contribution < 1.29 is 30.4 Å². The van der Waals surface area contributed by atoms with E-state index in [1.807, 2.05) is 0 Å². The molecule has 9 heteroatoms. The zero-order valence-electron chi connectivity index (χ0n) is 12.3. The highest BCUT2D eigenvalue weighted by molar-refractivity contribution is 7.92. The molecule has 1 aromatic rings. The number of alkyl halides is 4. The first-order valence-corrected chi connectivity index (χ1v) is 8.46. The topological polar surface area (TPSA) is 46.2 Å². The van der Waals surface area contributed by atoms with Gasteiger partial charge in [-0.25, -0.2) is 17.2 Å². The highest BCUT2D eigenvalue weighted by Crippen LogP contribution is 2.41. The minimum atomic E-state index is -4.92. The van der Waals surface area contributed by atoms with E-state index in [-0.39, 0.29) is 43.9 Å². The lowest BCUT2D eigenvalue weighted by Gasteiger charge is -2.33. The van der Waals surface area contributed by atoms with Crippen molar-refractivity contribution in [2.24, 2.45) is 0 Å². The van der Waals surface area contributed by atoms with Gasteiger partial charge >= 0.3 is 6.18 Å². The summed E-state index contributed by atoms with van der Waals surface area (Å²) in [5, 5.41) is 0.217. The molecule has 23 heavy (non-hydrogen) atoms. The summed E-state index contributed by atoms with van der Waals surface area (Å²) in [6.45, 7) is 0. The van der Waals surface area contributed by atoms with Gasteiger partial charge in [-0.15, -0.1) is 0 Å². The van der Waals surface area contributed by atoms with E-state index < -0.39 is 37.3 Å². The second kappa shape index (κ2) is 6.01. The average Bonchev–Trinajstić information content (AvgIpc) is 2.46. The SMILES string of the molecule is CNC1CCC(F)(S(=O)(=O)c2cc(F)cc(C(F)(F)F)c2)CC1. The van der Waals surface area contributed by atoms with Crippen LogP contribution in [0.1, 0.15) is 31.2 Å². The van der Waals surface area contributed by atoms with Crippen molar-refractivity contribution in [2.45, 2.75) is 47.8 Å². The minimum Gasteiger partial charge on any atom is -0.317 e. The number of halogens is 5. The van der Waals surface area contributed by atoms with Crippen LogP contribution in [0.4, 0.5) is 22.0 Å². The summed E-state index contributed by atoms with van der Waals surface area (Å²) < 4.78 is 91.2. The normalized spacial score (nSPS) is 26.3. The summed E-state index contributed by atoms with van der Waals surface area (Å²) in [4.78, 5) is -0.977. The average molecular weight is 357 g/mol. The maximum Gasteiger partial charge on any atom is 0.416 e. The van der Waals surface area contributed by atoms with Gasteiger partial charge in [0.2, 0.25) is 14.8 Å². The number of rotatable bonds is 3. The summed E-state index contributed by atoms with van der Waals surface area (Å²) >= 11 is 0. The summed E-state index contributed by atoms with van der Waals surface area (Å²) in [5.74, 6) is -1.37. The standard InChI is InChI=1S/C14H16F5NO2S/c1-20-11-2-4-13(16,5-3-11)23(21,22)12-7-9(14(17,18)19)6-10(15)8-12/h6-8,11,20H,2-5H2,1H3. The fraction of sp³-hybridized carbons (Fsp3) is 0.571. The van der Waals surface area contributed by atoms with Gasteiger partial charge in [0, 0.05) is 6.04 Å². The number of hydrogen-bond acceptors (Lipinski definition) is 3. The molecule has 1 N–H and O–H groups in total. The molecule has 0 radical (unpaired) electrons. The Morgan fingerprint density at radius 2 is 1.74 bits per heavy atom. The van der Waals surface area contributed by atoms with Crippen LogP contribution in [0.2, 0.25) is 0 Å². The van der Waals surface area contributed by atoms with Crippen molar-refractivity contribution in [3.8, 4) is 0 Å². The molecule has 0 heterocycles. The molecule has 0 amide bonds. The third-order valence-electron chi connectivity index (χ3n) is 4.13. The van der Waals surface area contributed by atoms with Crippen molar-refractivity contribution in [3.05, 3.63) is 29.6 Å². The van der Waals surface area contributed by atoms with Crippen molar-refractivity contribution in [1.29, 1.82) is 0 Å². The van der Waals surface area contributed by atoms with Crippen LogP contribution in [0.3, 0.4) is 0 Å². The van der Waals surface area contributed by atoms with E-state index in [4.69, 9.17) is 0 Å². The van der Waals surface area contributed by atoms with E-state index in [1.165, 1.54) is 0 Å². The van der Waals surface area contributed by atoms with Crippen LogP contribution >= 0.6 is 0 Å². The minimum absolute atomic E-state index is 0.0488. The molecular weight excluding hydrogens is 341 g/mol. The molecule has 1 fully saturated rings. The molecule has 0 saturated heterocycles. The van der Waals surface area contributed by atoms with E-state index in [0.29, 0.717) is 6.07 Å². The third-order valence-corrected chi connectivity index (χ3v) is 6.36. The number of hydrogen-bond donors (Lipinski definition) is 1. The zero-order chi connectivity index (χ0) is 17.5. The van der Waals surface area contributed by atoms with Gasteiger partial charge in [0.25, 0.3) is 0 Å². The van der Waals surface area contributed by atoms with Gasteiger partial charge < -0.3 is 5.32 Å². The first-order valence-electron chi connectivity index (χ1n) is 6.98. The van der Waals surface area contributed by atoms with Gasteiger partial charge in [-0.3, -0.25) is 0 Å². The quantitative estimate of drug-likeness (QED) is 0.843. The molecule has 0 unspecified atom stereocenters. The van der Waals surface area contributed by atoms with Crippen LogP contribution in [0, 0.1) is 5.82 Å². The molecule has 1 saturated carbocycles. The number of benzene rings is 1. The lowest BCUT2D eigenvalue weighted by Crippen LogP contribution is -2.42. The van der Waals surface area contributed by atoms with Crippen LogP contribution in [0.5, 0.6) is 0 Å². The first-order chi connectivity index (χ1) is 10.5. The highest BCUT2D eigenvalue weighted by Gasteiger charge is 2.48. The Bertz CT molecular complexity index is 679. The summed E-state index contributed by atoms with van der Waals surface area (Å²) in [6, 6.07) is 0.842. The number of nitrogens with one attached hydrogen (secondary N) is 1. The molecule has 1 aliphatic carbocycles. The van der Waals surface area contributed by atoms with E-state index in [1.54, 1.807) is 7.05 Å². The van der Waals surface area contributed by atoms with Crippen LogP contribution in [-0.4, -0.2) is 26.5 Å². The van der Waals surface area contributed by atoms with E-state index in [0.717, 1.165) is 0 Å². The Labute approximate surface area is 130 Å². The molecule has 130 valence electrons. The van der Waals surface area contributed by atoms with Gasteiger partial charge in [-0.1, -0.05) is 0 Å². The second-order valence-corrected chi connectivity index (χ2v) is 7.83. The van der Waals surface area contributed by atoms with E-state index >= 15 is 0 Å². The van der Waals surface area contributed by atoms with Crippen molar-refractivity contribution in [1.82, 2.24) is 5.32 Å². The Kier molecular flexibility index (Phi) is 4.74. The largest absolute Gasteiger partial charge is 0.416 e. The predicted molar refractivity (Wildman–Crippen MR) is 73.7 cm³/mol. The van der Waals surface area contributed by atoms with Gasteiger partial charge in [0.05, 0.1) is 10.5 Å².